The van der Waals surface area contributed by atoms with Crippen LogP contribution in [0.5, 0.6) is 0 Å². The molecule has 0 aliphatic carbocycles. The van der Waals surface area contributed by atoms with E-state index in [2.05, 4.69) is 31.2 Å². The maximum absolute atomic E-state index is 12.5. The van der Waals surface area contributed by atoms with Gasteiger partial charge in [0.15, 0.2) is 0 Å². The summed E-state index contributed by atoms with van der Waals surface area (Å²) in [5, 5.41) is 7.00. The molecule has 0 atom stereocenters. The molecule has 0 bridgehead atoms. The van der Waals surface area contributed by atoms with Crippen LogP contribution in [-0.2, 0) is 10.2 Å². The van der Waals surface area contributed by atoms with Crippen LogP contribution >= 0.6 is 0 Å². The molecule has 27 heavy (non-hydrogen) atoms. The molecule has 6 nitrogen and oxygen atoms in total. The lowest BCUT2D eigenvalue weighted by Crippen LogP contribution is -2.14. The van der Waals surface area contributed by atoms with Gasteiger partial charge in [0.2, 0.25) is 0 Å². The van der Waals surface area contributed by atoms with Crippen molar-refractivity contribution >= 4 is 23.1 Å². The average Bonchev–Trinajstić information content (AvgIpc) is 3.04. The Morgan fingerprint density at radius 2 is 1.85 bits per heavy atom. The molecule has 0 aliphatic heterocycles. The number of rotatable bonds is 4. The molecule has 0 aliphatic rings. The second-order valence-electron chi connectivity index (χ2n) is 7.31. The summed E-state index contributed by atoms with van der Waals surface area (Å²) >= 11 is 0. The lowest BCUT2D eigenvalue weighted by molar-refractivity contribution is 0.0528. The highest BCUT2D eigenvalue weighted by atomic mass is 16.5. The van der Waals surface area contributed by atoms with Crippen LogP contribution in [0.1, 0.15) is 54.0 Å². The molecule has 0 spiro atoms. The number of esters is 1. The van der Waals surface area contributed by atoms with E-state index in [0.29, 0.717) is 22.3 Å². The first-order chi connectivity index (χ1) is 12.8. The third-order valence-corrected chi connectivity index (χ3v) is 4.29. The van der Waals surface area contributed by atoms with E-state index in [1.807, 2.05) is 24.3 Å². The van der Waals surface area contributed by atoms with Crippen molar-refractivity contribution in [2.24, 2.45) is 0 Å². The molecule has 0 saturated carbocycles. The normalized spacial score (nSPS) is 11.4. The Labute approximate surface area is 158 Å². The fourth-order valence-electron chi connectivity index (χ4n) is 2.75. The zero-order valence-corrected chi connectivity index (χ0v) is 15.9. The standard InChI is InChI=1S/C21H23N3O3/c1-5-27-20(26)17-13-22-24-11-10-16(12-18(17)24)23-19(25)14-6-8-15(9-7-14)21(2,3)4/h6-13H,5H2,1-4H3,(H,23,25). The van der Waals surface area contributed by atoms with E-state index in [1.54, 1.807) is 29.8 Å². The average molecular weight is 365 g/mol. The molecule has 3 rings (SSSR count). The van der Waals surface area contributed by atoms with Gasteiger partial charge in [0.05, 0.1) is 18.3 Å². The number of fused-ring (bicyclic) bond motifs is 1. The van der Waals surface area contributed by atoms with Crippen LogP contribution in [0, 0.1) is 0 Å². The lowest BCUT2D eigenvalue weighted by Gasteiger charge is -2.19. The minimum Gasteiger partial charge on any atom is -0.462 e. The minimum atomic E-state index is -0.436. The molecule has 1 aromatic carbocycles. The highest BCUT2D eigenvalue weighted by molar-refractivity contribution is 6.05. The van der Waals surface area contributed by atoms with Crippen LogP contribution in [0.15, 0.2) is 48.8 Å². The van der Waals surface area contributed by atoms with Crippen molar-refractivity contribution in [1.82, 2.24) is 9.61 Å². The van der Waals surface area contributed by atoms with Crippen molar-refractivity contribution < 1.29 is 14.3 Å². The summed E-state index contributed by atoms with van der Waals surface area (Å²) in [6.45, 7) is 8.43. The molecule has 0 saturated heterocycles. The highest BCUT2D eigenvalue weighted by Gasteiger charge is 2.16. The van der Waals surface area contributed by atoms with Crippen LogP contribution in [0.3, 0.4) is 0 Å². The maximum atomic E-state index is 12.5. The van der Waals surface area contributed by atoms with Crippen molar-refractivity contribution in [3.8, 4) is 0 Å². The van der Waals surface area contributed by atoms with E-state index in [9.17, 15) is 9.59 Å². The number of aromatic nitrogens is 2. The predicted octanol–water partition coefficient (Wildman–Crippen LogP) is 4.06. The number of nitrogens with one attached hydrogen (secondary N) is 1. The second kappa shape index (κ2) is 7.23. The molecule has 140 valence electrons. The van der Waals surface area contributed by atoms with Gasteiger partial charge < -0.3 is 10.1 Å². The summed E-state index contributed by atoms with van der Waals surface area (Å²) in [4.78, 5) is 24.6. The van der Waals surface area contributed by atoms with E-state index in [1.165, 1.54) is 11.8 Å². The Hall–Kier alpha value is -3.15. The Kier molecular flexibility index (Phi) is 4.99. The molecule has 3 aromatic rings. The van der Waals surface area contributed by atoms with Crippen LogP contribution in [0.2, 0.25) is 0 Å². The molecule has 0 unspecified atom stereocenters. The first-order valence-electron chi connectivity index (χ1n) is 8.86. The number of amides is 1. The van der Waals surface area contributed by atoms with Gasteiger partial charge in [0, 0.05) is 17.4 Å². The first kappa shape index (κ1) is 18.6. The zero-order valence-electron chi connectivity index (χ0n) is 15.9. The quantitative estimate of drug-likeness (QED) is 0.708. The molecule has 1 N–H and O–H groups in total. The lowest BCUT2D eigenvalue weighted by atomic mass is 9.87. The number of pyridine rings is 1. The molecule has 0 radical (unpaired) electrons. The largest absolute Gasteiger partial charge is 0.462 e. The summed E-state index contributed by atoms with van der Waals surface area (Å²) in [5.74, 6) is -0.647. The number of nitrogens with zero attached hydrogens (tertiary/aromatic N) is 2. The summed E-state index contributed by atoms with van der Waals surface area (Å²) in [6, 6.07) is 11.0. The highest BCUT2D eigenvalue weighted by Crippen LogP contribution is 2.23. The molecule has 2 heterocycles. The smallest absolute Gasteiger partial charge is 0.341 e. The van der Waals surface area contributed by atoms with E-state index >= 15 is 0 Å². The number of hydrogen-bond donors (Lipinski definition) is 1. The van der Waals surface area contributed by atoms with Crippen LogP contribution in [-0.4, -0.2) is 28.1 Å². The summed E-state index contributed by atoms with van der Waals surface area (Å²) < 4.78 is 6.61. The summed E-state index contributed by atoms with van der Waals surface area (Å²) in [7, 11) is 0. The molecule has 0 fully saturated rings. The first-order valence-corrected chi connectivity index (χ1v) is 8.86. The number of benzene rings is 1. The van der Waals surface area contributed by atoms with Gasteiger partial charge in [-0.05, 0) is 42.2 Å². The van der Waals surface area contributed by atoms with Crippen LogP contribution < -0.4 is 5.32 Å². The van der Waals surface area contributed by atoms with E-state index in [4.69, 9.17) is 4.74 Å². The van der Waals surface area contributed by atoms with E-state index in [-0.39, 0.29) is 17.9 Å². The number of hydrogen-bond acceptors (Lipinski definition) is 4. The fraction of sp³-hybridized carbons (Fsp3) is 0.286. The predicted molar refractivity (Wildman–Crippen MR) is 104 cm³/mol. The van der Waals surface area contributed by atoms with Crippen molar-refractivity contribution in [2.45, 2.75) is 33.1 Å². The minimum absolute atomic E-state index is 0.0333. The fourth-order valence-corrected chi connectivity index (χ4v) is 2.75. The Balaban J connectivity index is 1.82. The van der Waals surface area contributed by atoms with Crippen molar-refractivity contribution in [3.63, 3.8) is 0 Å². The van der Waals surface area contributed by atoms with Gasteiger partial charge in [-0.25, -0.2) is 9.31 Å². The van der Waals surface area contributed by atoms with Crippen LogP contribution in [0.25, 0.3) is 5.52 Å². The number of carbonyl (C=O) groups excluding carboxylic acids is 2. The van der Waals surface area contributed by atoms with E-state index < -0.39 is 5.97 Å². The molecule has 6 heteroatoms. The van der Waals surface area contributed by atoms with Gasteiger partial charge >= 0.3 is 5.97 Å². The van der Waals surface area contributed by atoms with Crippen molar-refractivity contribution in [3.05, 3.63) is 65.5 Å². The molecular weight excluding hydrogens is 342 g/mol. The maximum Gasteiger partial charge on any atom is 0.341 e. The number of anilines is 1. The third-order valence-electron chi connectivity index (χ3n) is 4.29. The summed E-state index contributed by atoms with van der Waals surface area (Å²) in [6.07, 6.45) is 3.15. The monoisotopic (exact) mass is 365 g/mol. The zero-order chi connectivity index (χ0) is 19.6. The SMILES string of the molecule is CCOC(=O)c1cnn2ccc(NC(=O)c3ccc(C(C)(C)C)cc3)cc12. The van der Waals surface area contributed by atoms with Gasteiger partial charge in [-0.2, -0.15) is 5.10 Å². The van der Waals surface area contributed by atoms with Gasteiger partial charge in [-0.1, -0.05) is 32.9 Å². The number of ether oxygens (including phenoxy) is 1. The van der Waals surface area contributed by atoms with Gasteiger partial charge in [0.25, 0.3) is 5.91 Å². The Morgan fingerprint density at radius 1 is 1.15 bits per heavy atom. The van der Waals surface area contributed by atoms with Gasteiger partial charge in [-0.15, -0.1) is 0 Å². The molecule has 1 amide bonds. The Bertz CT molecular complexity index is 982. The van der Waals surface area contributed by atoms with Crippen LogP contribution in [0.4, 0.5) is 5.69 Å². The van der Waals surface area contributed by atoms with E-state index in [0.717, 1.165) is 0 Å². The van der Waals surface area contributed by atoms with Gasteiger partial charge in [-0.3, -0.25) is 4.79 Å². The third kappa shape index (κ3) is 4.00. The van der Waals surface area contributed by atoms with Gasteiger partial charge in [0.1, 0.15) is 5.56 Å². The van der Waals surface area contributed by atoms with Crippen molar-refractivity contribution in [1.29, 1.82) is 0 Å². The second-order valence-corrected chi connectivity index (χ2v) is 7.31. The summed E-state index contributed by atoms with van der Waals surface area (Å²) in [5.41, 5.74) is 3.29. The Morgan fingerprint density at radius 3 is 2.48 bits per heavy atom. The topological polar surface area (TPSA) is 72.7 Å². The molecule has 2 aromatic heterocycles. The molecular formula is C21H23N3O3. The van der Waals surface area contributed by atoms with Crippen molar-refractivity contribution in [2.75, 3.05) is 11.9 Å². The number of carbonyl (C=O) groups is 2.